The van der Waals surface area contributed by atoms with Gasteiger partial charge in [0.25, 0.3) is 0 Å². The summed E-state index contributed by atoms with van der Waals surface area (Å²) in [6, 6.07) is 6.54. The highest BCUT2D eigenvalue weighted by Crippen LogP contribution is 2.17. The van der Waals surface area contributed by atoms with Crippen molar-refractivity contribution in [3.05, 3.63) is 36.9 Å². The van der Waals surface area contributed by atoms with Gasteiger partial charge in [-0.15, -0.1) is 6.58 Å². The third kappa shape index (κ3) is 3.13. The molecule has 3 nitrogen and oxygen atoms in total. The van der Waals surface area contributed by atoms with E-state index in [0.717, 1.165) is 5.69 Å². The molecule has 1 amide bonds. The van der Waals surface area contributed by atoms with E-state index < -0.39 is 0 Å². The van der Waals surface area contributed by atoms with Crippen LogP contribution < -0.4 is 4.90 Å². The number of anilines is 1. The summed E-state index contributed by atoms with van der Waals surface area (Å²) in [7, 11) is 1.72. The van der Waals surface area contributed by atoms with Crippen LogP contribution in [0.15, 0.2) is 36.9 Å². The van der Waals surface area contributed by atoms with Crippen LogP contribution in [0.2, 0.25) is 0 Å². The molecule has 1 aromatic rings. The van der Waals surface area contributed by atoms with Crippen LogP contribution in [0.4, 0.5) is 5.69 Å². The fourth-order valence-electron chi connectivity index (χ4n) is 1.21. The summed E-state index contributed by atoms with van der Waals surface area (Å²) in [6.45, 7) is 3.57. The number of allylic oxidation sites excluding steroid dienone is 1. The minimum absolute atomic E-state index is 0.0422. The predicted molar refractivity (Wildman–Crippen MR) is 60.9 cm³/mol. The number of hydrogen-bond acceptors (Lipinski definition) is 2. The molecule has 0 bridgehead atoms. The maximum atomic E-state index is 11.6. The minimum atomic E-state index is 0.0422. The second-order valence-electron chi connectivity index (χ2n) is 3.30. The molecule has 0 saturated heterocycles. The fraction of sp³-hybridized carbons (Fsp3) is 0.250. The summed E-state index contributed by atoms with van der Waals surface area (Å²) in [4.78, 5) is 13.2. The summed E-state index contributed by atoms with van der Waals surface area (Å²) in [5.41, 5.74) is 0.780. The molecule has 1 N–H and O–H groups in total. The third-order valence-corrected chi connectivity index (χ3v) is 2.17. The number of carbonyl (C=O) groups excluding carboxylic acids is 1. The Morgan fingerprint density at radius 1 is 1.47 bits per heavy atom. The molecule has 0 aliphatic heterocycles. The van der Waals surface area contributed by atoms with Gasteiger partial charge in [0.2, 0.25) is 5.91 Å². The van der Waals surface area contributed by atoms with Crippen molar-refractivity contribution >= 4 is 11.6 Å². The summed E-state index contributed by atoms with van der Waals surface area (Å²) in [5, 5.41) is 9.10. The predicted octanol–water partition coefficient (Wildman–Crippen LogP) is 2.32. The van der Waals surface area contributed by atoms with Crippen molar-refractivity contribution in [1.82, 2.24) is 0 Å². The van der Waals surface area contributed by atoms with Crippen LogP contribution in [0.25, 0.3) is 0 Å². The number of phenols is 1. The maximum Gasteiger partial charge on any atom is 0.227 e. The van der Waals surface area contributed by atoms with Crippen LogP contribution in [-0.2, 0) is 4.79 Å². The molecule has 0 atom stereocenters. The summed E-state index contributed by atoms with van der Waals surface area (Å²) >= 11 is 0. The molecule has 0 fully saturated rings. The molecule has 0 spiro atoms. The van der Waals surface area contributed by atoms with Crippen molar-refractivity contribution in [2.75, 3.05) is 11.9 Å². The minimum Gasteiger partial charge on any atom is -0.508 e. The highest BCUT2D eigenvalue weighted by Gasteiger charge is 2.09. The first-order valence-corrected chi connectivity index (χ1v) is 4.81. The number of hydrogen-bond donors (Lipinski definition) is 1. The van der Waals surface area contributed by atoms with E-state index >= 15 is 0 Å². The van der Waals surface area contributed by atoms with Gasteiger partial charge in [0.1, 0.15) is 5.75 Å². The van der Waals surface area contributed by atoms with Gasteiger partial charge in [0, 0.05) is 19.2 Å². The van der Waals surface area contributed by atoms with Gasteiger partial charge in [0.15, 0.2) is 0 Å². The van der Waals surface area contributed by atoms with Crippen LogP contribution in [0, 0.1) is 0 Å². The number of carbonyl (C=O) groups is 1. The van der Waals surface area contributed by atoms with Crippen LogP contribution >= 0.6 is 0 Å². The fourth-order valence-corrected chi connectivity index (χ4v) is 1.21. The number of rotatable bonds is 4. The molecule has 0 aromatic heterocycles. The number of nitrogens with zero attached hydrogens (tertiary/aromatic N) is 1. The first-order valence-electron chi connectivity index (χ1n) is 4.81. The summed E-state index contributed by atoms with van der Waals surface area (Å²) in [6.07, 6.45) is 2.87. The van der Waals surface area contributed by atoms with Crippen molar-refractivity contribution in [3.8, 4) is 5.75 Å². The van der Waals surface area contributed by atoms with Gasteiger partial charge in [-0.1, -0.05) is 6.08 Å². The van der Waals surface area contributed by atoms with E-state index in [1.807, 2.05) is 0 Å². The molecule has 15 heavy (non-hydrogen) atoms. The highest BCUT2D eigenvalue weighted by molar-refractivity contribution is 5.92. The maximum absolute atomic E-state index is 11.6. The zero-order valence-corrected chi connectivity index (χ0v) is 8.81. The molecule has 0 aliphatic rings. The molecule has 1 aromatic carbocycles. The Morgan fingerprint density at radius 2 is 2.07 bits per heavy atom. The number of aromatic hydroxyl groups is 1. The topological polar surface area (TPSA) is 40.5 Å². The van der Waals surface area contributed by atoms with E-state index in [4.69, 9.17) is 5.11 Å². The third-order valence-electron chi connectivity index (χ3n) is 2.17. The number of phenolic OH excluding ortho intramolecular Hbond substituents is 1. The smallest absolute Gasteiger partial charge is 0.227 e. The standard InChI is InChI=1S/C12H15NO2/c1-3-4-5-12(15)13(2)10-6-8-11(14)9-7-10/h3,6-9,14H,1,4-5H2,2H3. The SMILES string of the molecule is C=CCCC(=O)N(C)c1ccc(O)cc1. The van der Waals surface area contributed by atoms with Gasteiger partial charge < -0.3 is 10.0 Å². The zero-order chi connectivity index (χ0) is 11.3. The van der Waals surface area contributed by atoms with Gasteiger partial charge in [0.05, 0.1) is 0 Å². The number of amides is 1. The average Bonchev–Trinajstić information content (AvgIpc) is 2.26. The van der Waals surface area contributed by atoms with E-state index in [1.54, 1.807) is 42.3 Å². The van der Waals surface area contributed by atoms with Gasteiger partial charge in [-0.05, 0) is 30.7 Å². The highest BCUT2D eigenvalue weighted by atomic mass is 16.3. The molecular weight excluding hydrogens is 190 g/mol. The van der Waals surface area contributed by atoms with Crippen molar-refractivity contribution < 1.29 is 9.90 Å². The molecule has 0 saturated carbocycles. The second kappa shape index (κ2) is 5.20. The first-order chi connectivity index (χ1) is 7.15. The normalized spacial score (nSPS) is 9.67. The van der Waals surface area contributed by atoms with E-state index in [2.05, 4.69) is 6.58 Å². The zero-order valence-electron chi connectivity index (χ0n) is 8.81. The molecular formula is C12H15NO2. The summed E-state index contributed by atoms with van der Waals surface area (Å²) < 4.78 is 0. The Bertz CT molecular complexity index is 343. The van der Waals surface area contributed by atoms with Crippen LogP contribution in [-0.4, -0.2) is 18.1 Å². The number of benzene rings is 1. The Morgan fingerprint density at radius 3 is 2.60 bits per heavy atom. The lowest BCUT2D eigenvalue weighted by atomic mass is 10.2. The van der Waals surface area contributed by atoms with Crippen LogP contribution in [0.3, 0.4) is 0 Å². The molecule has 0 unspecified atom stereocenters. The lowest BCUT2D eigenvalue weighted by molar-refractivity contribution is -0.118. The molecule has 0 heterocycles. The Balaban J connectivity index is 2.67. The molecule has 0 aliphatic carbocycles. The van der Waals surface area contributed by atoms with Crippen molar-refractivity contribution in [2.45, 2.75) is 12.8 Å². The molecule has 80 valence electrons. The van der Waals surface area contributed by atoms with Gasteiger partial charge >= 0.3 is 0 Å². The van der Waals surface area contributed by atoms with Gasteiger partial charge in [-0.3, -0.25) is 4.79 Å². The molecule has 1 rings (SSSR count). The van der Waals surface area contributed by atoms with Crippen LogP contribution in [0.5, 0.6) is 5.75 Å². The van der Waals surface area contributed by atoms with Crippen molar-refractivity contribution in [2.24, 2.45) is 0 Å². The lowest BCUT2D eigenvalue weighted by Gasteiger charge is -2.16. The average molecular weight is 205 g/mol. The van der Waals surface area contributed by atoms with E-state index in [0.29, 0.717) is 12.8 Å². The van der Waals surface area contributed by atoms with Crippen molar-refractivity contribution in [3.63, 3.8) is 0 Å². The Kier molecular flexibility index (Phi) is 3.92. The Labute approximate surface area is 89.6 Å². The molecule has 3 heteroatoms. The second-order valence-corrected chi connectivity index (χ2v) is 3.30. The van der Waals surface area contributed by atoms with E-state index in [9.17, 15) is 4.79 Å². The van der Waals surface area contributed by atoms with Crippen molar-refractivity contribution in [1.29, 1.82) is 0 Å². The van der Waals surface area contributed by atoms with Crippen LogP contribution in [0.1, 0.15) is 12.8 Å². The Hall–Kier alpha value is -1.77. The quantitative estimate of drug-likeness (QED) is 0.766. The van der Waals surface area contributed by atoms with Gasteiger partial charge in [-0.2, -0.15) is 0 Å². The van der Waals surface area contributed by atoms with Gasteiger partial charge in [-0.25, -0.2) is 0 Å². The lowest BCUT2D eigenvalue weighted by Crippen LogP contribution is -2.25. The summed E-state index contributed by atoms with van der Waals surface area (Å²) in [5.74, 6) is 0.242. The molecule has 0 radical (unpaired) electrons. The van der Waals surface area contributed by atoms with E-state index in [-0.39, 0.29) is 11.7 Å². The largest absolute Gasteiger partial charge is 0.508 e. The monoisotopic (exact) mass is 205 g/mol. The first kappa shape index (κ1) is 11.3. The van der Waals surface area contributed by atoms with E-state index in [1.165, 1.54) is 0 Å².